The number of pyridine rings is 1. The summed E-state index contributed by atoms with van der Waals surface area (Å²) < 4.78 is 28.5. The third-order valence-corrected chi connectivity index (χ3v) is 4.99. The molecule has 0 aliphatic rings. The molecule has 8 heteroatoms. The lowest BCUT2D eigenvalue weighted by Crippen LogP contribution is -2.20. The quantitative estimate of drug-likeness (QED) is 0.568. The molecule has 1 N–H and O–H groups in total. The van der Waals surface area contributed by atoms with E-state index in [1.807, 2.05) is 30.5 Å². The molecule has 0 aliphatic carbocycles. The second-order valence-electron chi connectivity index (χ2n) is 5.95. The number of hydrogen-bond acceptors (Lipinski definition) is 4. The molecule has 5 nitrogen and oxygen atoms in total. The third kappa shape index (κ3) is 3.31. The average Bonchev–Trinajstić information content (AvgIpc) is 3.27. The fourth-order valence-corrected chi connectivity index (χ4v) is 3.71. The number of hydrogen-bond donors (Lipinski definition) is 1. The number of aryl methyl sites for hydroxylation is 1. The fourth-order valence-electron chi connectivity index (χ4n) is 2.95. The van der Waals surface area contributed by atoms with Gasteiger partial charge in [0.15, 0.2) is 5.65 Å². The number of halogens is 2. The largest absolute Gasteiger partial charge is 0.322 e. The number of carbonyl (C=O) groups is 1. The summed E-state index contributed by atoms with van der Waals surface area (Å²) in [5, 5.41) is 9.64. The Bertz CT molecular complexity index is 1140. The summed E-state index contributed by atoms with van der Waals surface area (Å²) in [5.41, 5.74) is 2.09. The molecule has 27 heavy (non-hydrogen) atoms. The van der Waals surface area contributed by atoms with Crippen LogP contribution in [0.15, 0.2) is 48.0 Å². The first kappa shape index (κ1) is 17.3. The highest BCUT2D eigenvalue weighted by atomic mass is 32.1. The van der Waals surface area contributed by atoms with Gasteiger partial charge < -0.3 is 5.32 Å². The van der Waals surface area contributed by atoms with Gasteiger partial charge in [-0.2, -0.15) is 5.10 Å². The summed E-state index contributed by atoms with van der Waals surface area (Å²) in [4.78, 5) is 17.8. The van der Waals surface area contributed by atoms with Gasteiger partial charge in [-0.15, -0.1) is 11.3 Å². The molecular formula is C19H14F2N4OS. The molecule has 0 saturated carbocycles. The first-order chi connectivity index (χ1) is 13.0. The number of anilines is 1. The maximum absolute atomic E-state index is 13.7. The van der Waals surface area contributed by atoms with Crippen LogP contribution in [-0.4, -0.2) is 20.7 Å². The van der Waals surface area contributed by atoms with E-state index < -0.39 is 17.5 Å². The van der Waals surface area contributed by atoms with E-state index in [0.717, 1.165) is 39.7 Å². The minimum absolute atomic E-state index is 0.165. The van der Waals surface area contributed by atoms with Gasteiger partial charge in [-0.1, -0.05) is 6.07 Å². The molecule has 0 radical (unpaired) electrons. The Balaban J connectivity index is 1.66. The second kappa shape index (κ2) is 6.88. The van der Waals surface area contributed by atoms with Crippen LogP contribution in [0.4, 0.5) is 14.5 Å². The minimum Gasteiger partial charge on any atom is -0.322 e. The Morgan fingerprint density at radius 2 is 2.11 bits per heavy atom. The van der Waals surface area contributed by atoms with Crippen molar-refractivity contribution in [2.24, 2.45) is 0 Å². The van der Waals surface area contributed by atoms with E-state index in [0.29, 0.717) is 5.65 Å². The van der Waals surface area contributed by atoms with Gasteiger partial charge in [-0.3, -0.25) is 4.79 Å². The van der Waals surface area contributed by atoms with E-state index in [1.54, 1.807) is 17.5 Å². The van der Waals surface area contributed by atoms with Crippen LogP contribution in [-0.2, 0) is 11.3 Å². The van der Waals surface area contributed by atoms with Gasteiger partial charge >= 0.3 is 0 Å². The number of carbonyl (C=O) groups excluding carboxylic acids is 1. The highest BCUT2D eigenvalue weighted by Gasteiger charge is 2.17. The summed E-state index contributed by atoms with van der Waals surface area (Å²) in [7, 11) is 0. The van der Waals surface area contributed by atoms with Crippen molar-refractivity contribution < 1.29 is 13.6 Å². The zero-order valence-corrected chi connectivity index (χ0v) is 15.1. The van der Waals surface area contributed by atoms with Crippen LogP contribution in [0.2, 0.25) is 0 Å². The standard InChI is InChI=1S/C19H14F2N4OS/c1-11-18-13(16-3-2-8-27-16)6-7-22-19(18)25(24-11)10-17(26)23-15-9-12(20)4-5-14(15)21/h2-9H,10H2,1H3,(H,23,26). The molecule has 4 aromatic rings. The van der Waals surface area contributed by atoms with Gasteiger partial charge in [-0.25, -0.2) is 18.4 Å². The van der Waals surface area contributed by atoms with E-state index in [1.165, 1.54) is 4.68 Å². The minimum atomic E-state index is -0.704. The molecule has 0 aliphatic heterocycles. The second-order valence-corrected chi connectivity index (χ2v) is 6.90. The predicted octanol–water partition coefficient (Wildman–Crippen LogP) is 4.39. The molecule has 4 rings (SSSR count). The number of aromatic nitrogens is 3. The normalized spacial score (nSPS) is 11.1. The Hall–Kier alpha value is -3.13. The molecule has 3 heterocycles. The van der Waals surface area contributed by atoms with Crippen molar-refractivity contribution in [3.05, 3.63) is 65.3 Å². The Morgan fingerprint density at radius 1 is 1.26 bits per heavy atom. The SMILES string of the molecule is Cc1nn(CC(=O)Nc2cc(F)ccc2F)c2nccc(-c3cccs3)c12. The highest BCUT2D eigenvalue weighted by molar-refractivity contribution is 7.13. The molecular weight excluding hydrogens is 370 g/mol. The zero-order valence-electron chi connectivity index (χ0n) is 14.2. The number of amides is 1. The van der Waals surface area contributed by atoms with Gasteiger partial charge in [0, 0.05) is 22.7 Å². The Kier molecular flexibility index (Phi) is 4.41. The number of nitrogens with zero attached hydrogens (tertiary/aromatic N) is 3. The summed E-state index contributed by atoms with van der Waals surface area (Å²) in [5.74, 6) is -1.86. The summed E-state index contributed by atoms with van der Waals surface area (Å²) in [6.07, 6.45) is 1.67. The smallest absolute Gasteiger partial charge is 0.246 e. The Labute approximate surface area is 157 Å². The molecule has 0 saturated heterocycles. The first-order valence-corrected chi connectivity index (χ1v) is 9.02. The molecule has 0 unspecified atom stereocenters. The van der Waals surface area contributed by atoms with Gasteiger partial charge in [0.25, 0.3) is 0 Å². The van der Waals surface area contributed by atoms with Crippen LogP contribution in [0, 0.1) is 18.6 Å². The van der Waals surface area contributed by atoms with E-state index >= 15 is 0 Å². The average molecular weight is 384 g/mol. The summed E-state index contributed by atoms with van der Waals surface area (Å²) >= 11 is 1.61. The van der Waals surface area contributed by atoms with Crippen molar-refractivity contribution >= 4 is 34.0 Å². The molecule has 0 fully saturated rings. The number of benzene rings is 1. The van der Waals surface area contributed by atoms with Crippen molar-refractivity contribution in [1.29, 1.82) is 0 Å². The first-order valence-electron chi connectivity index (χ1n) is 8.14. The monoisotopic (exact) mass is 384 g/mol. The lowest BCUT2D eigenvalue weighted by Gasteiger charge is -2.07. The number of fused-ring (bicyclic) bond motifs is 1. The van der Waals surface area contributed by atoms with Crippen molar-refractivity contribution in [2.75, 3.05) is 5.32 Å². The summed E-state index contributed by atoms with van der Waals surface area (Å²) in [6.45, 7) is 1.68. The molecule has 0 spiro atoms. The van der Waals surface area contributed by atoms with Gasteiger partial charge in [0.05, 0.1) is 16.8 Å². The van der Waals surface area contributed by atoms with Crippen molar-refractivity contribution in [3.63, 3.8) is 0 Å². The highest BCUT2D eigenvalue weighted by Crippen LogP contribution is 2.32. The lowest BCUT2D eigenvalue weighted by atomic mass is 10.1. The molecule has 1 aromatic carbocycles. The summed E-state index contributed by atoms with van der Waals surface area (Å²) in [6, 6.07) is 8.78. The third-order valence-electron chi connectivity index (χ3n) is 4.09. The maximum atomic E-state index is 13.7. The van der Waals surface area contributed by atoms with Crippen LogP contribution in [0.3, 0.4) is 0 Å². The molecule has 3 aromatic heterocycles. The van der Waals surface area contributed by atoms with E-state index in [4.69, 9.17) is 0 Å². The molecule has 0 atom stereocenters. The van der Waals surface area contributed by atoms with Crippen molar-refractivity contribution in [3.8, 4) is 10.4 Å². The van der Waals surface area contributed by atoms with Crippen molar-refractivity contribution in [1.82, 2.24) is 14.8 Å². The number of thiophene rings is 1. The molecule has 0 bridgehead atoms. The van der Waals surface area contributed by atoms with Crippen LogP contribution in [0.1, 0.15) is 5.69 Å². The van der Waals surface area contributed by atoms with E-state index in [9.17, 15) is 13.6 Å². The molecule has 1 amide bonds. The van der Waals surface area contributed by atoms with Crippen LogP contribution in [0.25, 0.3) is 21.5 Å². The van der Waals surface area contributed by atoms with Crippen molar-refractivity contribution in [2.45, 2.75) is 13.5 Å². The molecule has 136 valence electrons. The van der Waals surface area contributed by atoms with Gasteiger partial charge in [0.2, 0.25) is 5.91 Å². The zero-order chi connectivity index (χ0) is 19.0. The number of rotatable bonds is 4. The fraction of sp³-hybridized carbons (Fsp3) is 0.105. The van der Waals surface area contributed by atoms with Crippen LogP contribution >= 0.6 is 11.3 Å². The topological polar surface area (TPSA) is 59.8 Å². The predicted molar refractivity (Wildman–Crippen MR) is 101 cm³/mol. The van der Waals surface area contributed by atoms with Gasteiger partial charge in [0.1, 0.15) is 18.2 Å². The lowest BCUT2D eigenvalue weighted by molar-refractivity contribution is -0.116. The Morgan fingerprint density at radius 3 is 2.89 bits per heavy atom. The van der Waals surface area contributed by atoms with E-state index in [-0.39, 0.29) is 12.2 Å². The van der Waals surface area contributed by atoms with Gasteiger partial charge in [-0.05, 0) is 36.6 Å². The van der Waals surface area contributed by atoms with Crippen LogP contribution in [0.5, 0.6) is 0 Å². The van der Waals surface area contributed by atoms with E-state index in [2.05, 4.69) is 15.4 Å². The van der Waals surface area contributed by atoms with Crippen LogP contribution < -0.4 is 5.32 Å². The maximum Gasteiger partial charge on any atom is 0.246 e. The number of nitrogens with one attached hydrogen (secondary N) is 1.